The zero-order valence-corrected chi connectivity index (χ0v) is 19.2. The molecule has 1 aromatic heterocycles. The molecule has 1 fully saturated rings. The first-order chi connectivity index (χ1) is 17.0. The molecule has 3 aromatic rings. The molecule has 0 spiro atoms. The number of aromatic nitrogens is 1. The van der Waals surface area contributed by atoms with E-state index in [0.717, 1.165) is 17.7 Å². The standard InChI is InChI=1S/C27H27FN4O3/c28-21-9-11-22(12-10-21)29-26(34)23(14-18-5-2-1-3-6-18)30-27(35)31-15-19-13-20(17-31)24-7-4-8-25(33)32(24)16-19/h1-12,19-20,23H,13-17H2,(H,29,34)(H,30,35)/t19-,20+,23-/m0/s1. The van der Waals surface area contributed by atoms with E-state index in [4.69, 9.17) is 0 Å². The molecule has 35 heavy (non-hydrogen) atoms. The van der Waals surface area contributed by atoms with Gasteiger partial charge in [0.05, 0.1) is 0 Å². The number of carbonyl (C=O) groups is 2. The molecule has 2 bridgehead atoms. The van der Waals surface area contributed by atoms with E-state index in [9.17, 15) is 18.8 Å². The molecule has 0 aliphatic carbocycles. The number of urea groups is 1. The molecule has 0 radical (unpaired) electrons. The molecule has 2 aromatic carbocycles. The number of likely N-dealkylation sites (tertiary alicyclic amines) is 1. The Balaban J connectivity index is 1.32. The van der Waals surface area contributed by atoms with Crippen molar-refractivity contribution in [2.24, 2.45) is 5.92 Å². The lowest BCUT2D eigenvalue weighted by atomic mass is 9.83. The van der Waals surface area contributed by atoms with Gasteiger partial charge in [0.15, 0.2) is 0 Å². The van der Waals surface area contributed by atoms with Crippen LogP contribution in [0.1, 0.15) is 23.6 Å². The molecule has 2 aliphatic heterocycles. The maximum absolute atomic E-state index is 13.3. The summed E-state index contributed by atoms with van der Waals surface area (Å²) in [7, 11) is 0. The Labute approximate surface area is 202 Å². The van der Waals surface area contributed by atoms with Gasteiger partial charge in [-0.3, -0.25) is 9.59 Å². The normalized spacial score (nSPS) is 19.4. The Morgan fingerprint density at radius 2 is 1.71 bits per heavy atom. The lowest BCUT2D eigenvalue weighted by Crippen LogP contribution is -2.55. The van der Waals surface area contributed by atoms with Crippen LogP contribution in [0, 0.1) is 11.7 Å². The Morgan fingerprint density at radius 3 is 2.49 bits per heavy atom. The number of benzene rings is 2. The van der Waals surface area contributed by atoms with Gasteiger partial charge in [-0.1, -0.05) is 36.4 Å². The fourth-order valence-corrected chi connectivity index (χ4v) is 5.12. The van der Waals surface area contributed by atoms with Crippen LogP contribution in [-0.2, 0) is 17.8 Å². The van der Waals surface area contributed by atoms with Crippen LogP contribution in [0.15, 0.2) is 77.6 Å². The molecule has 3 amide bonds. The van der Waals surface area contributed by atoms with Crippen LogP contribution in [0.2, 0.25) is 0 Å². The summed E-state index contributed by atoms with van der Waals surface area (Å²) in [6.07, 6.45) is 1.25. The number of rotatable bonds is 5. The highest BCUT2D eigenvalue weighted by Gasteiger charge is 2.37. The molecule has 7 nitrogen and oxygen atoms in total. The number of fused-ring (bicyclic) bond motifs is 4. The lowest BCUT2D eigenvalue weighted by molar-refractivity contribution is -0.118. The largest absolute Gasteiger partial charge is 0.326 e. The SMILES string of the molecule is O=C(Nc1ccc(F)cc1)[C@H](Cc1ccccc1)NC(=O)N1C[C@@H]2C[C@H](C1)c1cccc(=O)n1C2. The second-order valence-corrected chi connectivity index (χ2v) is 9.29. The van der Waals surface area contributed by atoms with Crippen molar-refractivity contribution in [3.8, 4) is 0 Å². The number of hydrogen-bond donors (Lipinski definition) is 2. The van der Waals surface area contributed by atoms with E-state index in [-0.39, 0.29) is 29.3 Å². The minimum atomic E-state index is -0.813. The summed E-state index contributed by atoms with van der Waals surface area (Å²) < 4.78 is 15.1. The predicted octanol–water partition coefficient (Wildman–Crippen LogP) is 3.37. The monoisotopic (exact) mass is 474 g/mol. The van der Waals surface area contributed by atoms with Crippen LogP contribution in [0.25, 0.3) is 0 Å². The van der Waals surface area contributed by atoms with Crippen LogP contribution in [0.4, 0.5) is 14.9 Å². The zero-order valence-electron chi connectivity index (χ0n) is 19.2. The maximum atomic E-state index is 13.3. The van der Waals surface area contributed by atoms with Crippen molar-refractivity contribution in [1.82, 2.24) is 14.8 Å². The minimum Gasteiger partial charge on any atom is -0.326 e. The molecule has 3 atom stereocenters. The van der Waals surface area contributed by atoms with Gasteiger partial charge in [0.1, 0.15) is 11.9 Å². The molecule has 180 valence electrons. The van der Waals surface area contributed by atoms with Crippen molar-refractivity contribution >= 4 is 17.6 Å². The average Bonchev–Trinajstić information content (AvgIpc) is 2.86. The molecule has 8 heteroatoms. The van der Waals surface area contributed by atoms with Crippen molar-refractivity contribution in [2.75, 3.05) is 18.4 Å². The highest BCUT2D eigenvalue weighted by atomic mass is 19.1. The Morgan fingerprint density at radius 1 is 0.943 bits per heavy atom. The van der Waals surface area contributed by atoms with Crippen LogP contribution >= 0.6 is 0 Å². The summed E-state index contributed by atoms with van der Waals surface area (Å²) >= 11 is 0. The fraction of sp³-hybridized carbons (Fsp3) is 0.296. The van der Waals surface area contributed by atoms with Gasteiger partial charge in [0, 0.05) is 49.4 Å². The molecular weight excluding hydrogens is 447 g/mol. The lowest BCUT2D eigenvalue weighted by Gasteiger charge is -2.43. The van der Waals surface area contributed by atoms with Gasteiger partial charge < -0.3 is 20.1 Å². The van der Waals surface area contributed by atoms with Gasteiger partial charge in [-0.2, -0.15) is 0 Å². The van der Waals surface area contributed by atoms with E-state index in [1.807, 2.05) is 41.0 Å². The van der Waals surface area contributed by atoms with Crippen LogP contribution < -0.4 is 16.2 Å². The van der Waals surface area contributed by atoms with Gasteiger partial charge in [0.25, 0.3) is 5.56 Å². The summed E-state index contributed by atoms with van der Waals surface area (Å²) in [5.41, 5.74) is 2.32. The van der Waals surface area contributed by atoms with Gasteiger partial charge in [-0.05, 0) is 48.2 Å². The predicted molar refractivity (Wildman–Crippen MR) is 131 cm³/mol. The average molecular weight is 475 g/mol. The minimum absolute atomic E-state index is 0.00418. The molecule has 2 aliphatic rings. The summed E-state index contributed by atoms with van der Waals surface area (Å²) in [6, 6.07) is 19.2. The number of pyridine rings is 1. The number of carbonyl (C=O) groups excluding carboxylic acids is 2. The van der Waals surface area contributed by atoms with Crippen LogP contribution in [0.3, 0.4) is 0 Å². The third-order valence-corrected chi connectivity index (χ3v) is 6.78. The first-order valence-electron chi connectivity index (χ1n) is 11.8. The summed E-state index contributed by atoms with van der Waals surface area (Å²) in [4.78, 5) is 40.5. The zero-order chi connectivity index (χ0) is 24.4. The Hall–Kier alpha value is -3.94. The highest BCUT2D eigenvalue weighted by molar-refractivity contribution is 5.97. The number of halogens is 1. The Bertz CT molecular complexity index is 1280. The van der Waals surface area contributed by atoms with Crippen molar-refractivity contribution in [3.63, 3.8) is 0 Å². The smallest absolute Gasteiger partial charge is 0.318 e. The highest BCUT2D eigenvalue weighted by Crippen LogP contribution is 2.34. The summed E-state index contributed by atoms with van der Waals surface area (Å²) in [5.74, 6) is -0.491. The van der Waals surface area contributed by atoms with E-state index in [1.165, 1.54) is 24.3 Å². The van der Waals surface area contributed by atoms with Gasteiger partial charge in [-0.15, -0.1) is 0 Å². The quantitative estimate of drug-likeness (QED) is 0.595. The van der Waals surface area contributed by atoms with E-state index < -0.39 is 11.9 Å². The summed E-state index contributed by atoms with van der Waals surface area (Å²) in [5, 5.41) is 5.70. The first-order valence-corrected chi connectivity index (χ1v) is 11.8. The maximum Gasteiger partial charge on any atom is 0.318 e. The molecule has 0 unspecified atom stereocenters. The molecular formula is C27H27FN4O3. The van der Waals surface area contributed by atoms with Crippen molar-refractivity contribution in [1.29, 1.82) is 0 Å². The number of anilines is 1. The summed E-state index contributed by atoms with van der Waals surface area (Å²) in [6.45, 7) is 1.61. The Kier molecular flexibility index (Phi) is 6.35. The van der Waals surface area contributed by atoms with Crippen molar-refractivity contribution < 1.29 is 14.0 Å². The van der Waals surface area contributed by atoms with E-state index in [2.05, 4.69) is 10.6 Å². The molecule has 1 saturated heterocycles. The van der Waals surface area contributed by atoms with Gasteiger partial charge in [0.2, 0.25) is 5.91 Å². The van der Waals surface area contributed by atoms with E-state index in [0.29, 0.717) is 31.7 Å². The van der Waals surface area contributed by atoms with Crippen molar-refractivity contribution in [2.45, 2.75) is 31.3 Å². The number of piperidine rings is 1. The van der Waals surface area contributed by atoms with Crippen LogP contribution in [0.5, 0.6) is 0 Å². The molecule has 3 heterocycles. The molecule has 0 saturated carbocycles. The second-order valence-electron chi connectivity index (χ2n) is 9.29. The van der Waals surface area contributed by atoms with Gasteiger partial charge in [-0.25, -0.2) is 9.18 Å². The second kappa shape index (κ2) is 9.74. The number of amides is 3. The fourth-order valence-electron chi connectivity index (χ4n) is 5.12. The molecule has 5 rings (SSSR count). The number of nitrogens with zero attached hydrogens (tertiary/aromatic N) is 2. The first kappa shape index (κ1) is 22.8. The topological polar surface area (TPSA) is 83.4 Å². The van der Waals surface area contributed by atoms with E-state index >= 15 is 0 Å². The van der Waals surface area contributed by atoms with Crippen molar-refractivity contribution in [3.05, 3.63) is 100 Å². The van der Waals surface area contributed by atoms with Crippen LogP contribution in [-0.4, -0.2) is 40.5 Å². The third-order valence-electron chi connectivity index (χ3n) is 6.78. The van der Waals surface area contributed by atoms with Gasteiger partial charge >= 0.3 is 6.03 Å². The number of nitrogens with one attached hydrogen (secondary N) is 2. The third kappa shape index (κ3) is 5.11. The number of hydrogen-bond acceptors (Lipinski definition) is 3. The molecule has 2 N–H and O–H groups in total. The van der Waals surface area contributed by atoms with E-state index in [1.54, 1.807) is 17.0 Å².